The lowest BCUT2D eigenvalue weighted by molar-refractivity contribution is -0.000190. The Morgan fingerprint density at radius 1 is 1.55 bits per heavy atom. The number of hydrogen-bond acceptors (Lipinski definition) is 4. The van der Waals surface area contributed by atoms with Gasteiger partial charge in [-0.05, 0) is 38.8 Å². The molecule has 114 valence electrons. The summed E-state index contributed by atoms with van der Waals surface area (Å²) < 4.78 is 5.88. The molecule has 2 heterocycles. The molecule has 3 nitrogen and oxygen atoms in total. The normalized spacial score (nSPS) is 20.4. The minimum atomic E-state index is 0.450. The van der Waals surface area contributed by atoms with Crippen LogP contribution in [-0.4, -0.2) is 42.2 Å². The monoisotopic (exact) mass is 316 g/mol. The standard InChI is InChI=1S/C15H25ClN2OS/c1-2-9-19-14-5-3-7-18(11-14)8-4-6-15-17-13(10-16)12-20-15/h12,14H,2-11H2,1H3. The highest BCUT2D eigenvalue weighted by molar-refractivity contribution is 7.09. The third-order valence-corrected chi connectivity index (χ3v) is 4.85. The molecule has 1 aliphatic heterocycles. The van der Waals surface area contributed by atoms with Crippen LogP contribution in [0.3, 0.4) is 0 Å². The zero-order valence-electron chi connectivity index (χ0n) is 12.3. The summed E-state index contributed by atoms with van der Waals surface area (Å²) >= 11 is 7.51. The highest BCUT2D eigenvalue weighted by Gasteiger charge is 2.19. The summed E-state index contributed by atoms with van der Waals surface area (Å²) in [4.78, 5) is 7.05. The van der Waals surface area contributed by atoms with E-state index in [2.05, 4.69) is 22.2 Å². The van der Waals surface area contributed by atoms with Crippen LogP contribution < -0.4 is 0 Å². The first-order chi connectivity index (χ1) is 9.81. The van der Waals surface area contributed by atoms with Crippen molar-refractivity contribution in [2.24, 2.45) is 0 Å². The summed E-state index contributed by atoms with van der Waals surface area (Å²) in [5.74, 6) is 0.527. The maximum Gasteiger partial charge on any atom is 0.0929 e. The fourth-order valence-corrected chi connectivity index (χ4v) is 3.68. The van der Waals surface area contributed by atoms with E-state index >= 15 is 0 Å². The molecule has 0 N–H and O–H groups in total. The van der Waals surface area contributed by atoms with Gasteiger partial charge in [0.2, 0.25) is 0 Å². The van der Waals surface area contributed by atoms with Gasteiger partial charge in [-0.15, -0.1) is 22.9 Å². The number of halogens is 1. The molecule has 0 aliphatic carbocycles. The summed E-state index contributed by atoms with van der Waals surface area (Å²) in [7, 11) is 0. The molecule has 1 atom stereocenters. The smallest absolute Gasteiger partial charge is 0.0929 e. The highest BCUT2D eigenvalue weighted by atomic mass is 35.5. The van der Waals surface area contributed by atoms with E-state index in [1.54, 1.807) is 11.3 Å². The molecule has 0 aromatic carbocycles. The third kappa shape index (κ3) is 5.32. The fraction of sp³-hybridized carbons (Fsp3) is 0.800. The van der Waals surface area contributed by atoms with E-state index in [-0.39, 0.29) is 0 Å². The summed E-state index contributed by atoms with van der Waals surface area (Å²) in [5.41, 5.74) is 1.01. The van der Waals surface area contributed by atoms with Gasteiger partial charge in [0, 0.05) is 25.0 Å². The molecule has 0 bridgehead atoms. The lowest BCUT2D eigenvalue weighted by atomic mass is 10.1. The molecule has 1 aromatic rings. The van der Waals surface area contributed by atoms with Crippen molar-refractivity contribution in [3.63, 3.8) is 0 Å². The third-order valence-electron chi connectivity index (χ3n) is 3.62. The van der Waals surface area contributed by atoms with Crippen molar-refractivity contribution in [2.45, 2.75) is 51.0 Å². The number of aromatic nitrogens is 1. The number of hydrogen-bond donors (Lipinski definition) is 0. The number of nitrogens with zero attached hydrogens (tertiary/aromatic N) is 2. The number of ether oxygens (including phenoxy) is 1. The van der Waals surface area contributed by atoms with Gasteiger partial charge in [-0.2, -0.15) is 0 Å². The summed E-state index contributed by atoms with van der Waals surface area (Å²) in [6.07, 6.45) is 6.30. The maximum atomic E-state index is 5.88. The Hall–Kier alpha value is -0.160. The minimum Gasteiger partial charge on any atom is -0.377 e. The second kappa shape index (κ2) is 8.98. The van der Waals surface area contributed by atoms with E-state index in [0.29, 0.717) is 12.0 Å². The predicted molar refractivity (Wildman–Crippen MR) is 85.7 cm³/mol. The van der Waals surface area contributed by atoms with Gasteiger partial charge in [0.25, 0.3) is 0 Å². The molecular weight excluding hydrogens is 292 g/mol. The first-order valence-corrected chi connectivity index (χ1v) is 9.06. The van der Waals surface area contributed by atoms with E-state index in [1.165, 1.54) is 30.8 Å². The van der Waals surface area contributed by atoms with Crippen molar-refractivity contribution in [2.75, 3.05) is 26.2 Å². The first kappa shape index (κ1) is 16.2. The zero-order chi connectivity index (χ0) is 14.2. The van der Waals surface area contributed by atoms with Crippen LogP contribution in [0.5, 0.6) is 0 Å². The van der Waals surface area contributed by atoms with Crippen molar-refractivity contribution in [3.05, 3.63) is 16.1 Å². The Morgan fingerprint density at radius 3 is 3.20 bits per heavy atom. The number of thiazole rings is 1. The SMILES string of the molecule is CCCOC1CCCN(CCCc2nc(CCl)cs2)C1. The average Bonchev–Trinajstić information content (AvgIpc) is 2.93. The molecular formula is C15H25ClN2OS. The van der Waals surface area contributed by atoms with E-state index < -0.39 is 0 Å². The van der Waals surface area contributed by atoms with Gasteiger partial charge in [0.15, 0.2) is 0 Å². The number of piperidine rings is 1. The van der Waals surface area contributed by atoms with Crippen LogP contribution in [0, 0.1) is 0 Å². The van der Waals surface area contributed by atoms with E-state index in [4.69, 9.17) is 16.3 Å². The van der Waals surface area contributed by atoms with Crippen LogP contribution in [0.25, 0.3) is 0 Å². The second-order valence-electron chi connectivity index (χ2n) is 5.41. The molecule has 5 heteroatoms. The molecule has 2 rings (SSSR count). The summed E-state index contributed by atoms with van der Waals surface area (Å²) in [6, 6.07) is 0. The van der Waals surface area contributed by atoms with E-state index in [0.717, 1.165) is 38.2 Å². The van der Waals surface area contributed by atoms with Crippen molar-refractivity contribution in [3.8, 4) is 0 Å². The lowest BCUT2D eigenvalue weighted by Gasteiger charge is -2.32. The van der Waals surface area contributed by atoms with Crippen molar-refractivity contribution in [1.29, 1.82) is 0 Å². The Bertz CT molecular complexity index is 386. The van der Waals surface area contributed by atoms with Crippen molar-refractivity contribution >= 4 is 22.9 Å². The van der Waals surface area contributed by atoms with Crippen LogP contribution in [0.4, 0.5) is 0 Å². The van der Waals surface area contributed by atoms with E-state index in [9.17, 15) is 0 Å². The number of alkyl halides is 1. The number of rotatable bonds is 8. The molecule has 0 saturated carbocycles. The molecule has 0 spiro atoms. The Kier molecular flexibility index (Phi) is 7.28. The predicted octanol–water partition coefficient (Wildman–Crippen LogP) is 3.71. The topological polar surface area (TPSA) is 25.4 Å². The number of likely N-dealkylation sites (tertiary alicyclic amines) is 1. The molecule has 0 radical (unpaired) electrons. The molecule has 1 saturated heterocycles. The summed E-state index contributed by atoms with van der Waals surface area (Å²) in [5, 5.41) is 3.29. The average molecular weight is 317 g/mol. The minimum absolute atomic E-state index is 0.450. The maximum absolute atomic E-state index is 5.88. The molecule has 0 amide bonds. The van der Waals surface area contributed by atoms with Crippen molar-refractivity contribution < 1.29 is 4.74 Å². The molecule has 1 fully saturated rings. The molecule has 1 aliphatic rings. The van der Waals surface area contributed by atoms with Gasteiger partial charge in [-0.1, -0.05) is 6.92 Å². The van der Waals surface area contributed by atoms with Gasteiger partial charge in [-0.3, -0.25) is 0 Å². The first-order valence-electron chi connectivity index (χ1n) is 7.65. The second-order valence-corrected chi connectivity index (χ2v) is 6.62. The summed E-state index contributed by atoms with van der Waals surface area (Å²) in [6.45, 7) is 6.55. The van der Waals surface area contributed by atoms with Crippen LogP contribution in [0.2, 0.25) is 0 Å². The van der Waals surface area contributed by atoms with Gasteiger partial charge in [0.1, 0.15) is 0 Å². The Labute approximate surface area is 131 Å². The highest BCUT2D eigenvalue weighted by Crippen LogP contribution is 2.16. The van der Waals surface area contributed by atoms with E-state index in [1.807, 2.05) is 0 Å². The van der Waals surface area contributed by atoms with Crippen LogP contribution >= 0.6 is 22.9 Å². The van der Waals surface area contributed by atoms with Gasteiger partial charge < -0.3 is 9.64 Å². The molecule has 20 heavy (non-hydrogen) atoms. The fourth-order valence-electron chi connectivity index (χ4n) is 2.62. The van der Waals surface area contributed by atoms with Gasteiger partial charge in [-0.25, -0.2) is 4.98 Å². The Balaban J connectivity index is 1.65. The van der Waals surface area contributed by atoms with Crippen LogP contribution in [-0.2, 0) is 17.0 Å². The van der Waals surface area contributed by atoms with Crippen LogP contribution in [0.15, 0.2) is 5.38 Å². The quantitative estimate of drug-likeness (QED) is 0.684. The zero-order valence-corrected chi connectivity index (χ0v) is 13.9. The van der Waals surface area contributed by atoms with Gasteiger partial charge in [0.05, 0.1) is 22.7 Å². The molecule has 1 unspecified atom stereocenters. The molecule has 1 aromatic heterocycles. The Morgan fingerprint density at radius 2 is 2.45 bits per heavy atom. The van der Waals surface area contributed by atoms with Gasteiger partial charge >= 0.3 is 0 Å². The van der Waals surface area contributed by atoms with Crippen molar-refractivity contribution in [1.82, 2.24) is 9.88 Å². The van der Waals surface area contributed by atoms with Crippen LogP contribution in [0.1, 0.15) is 43.3 Å². The largest absolute Gasteiger partial charge is 0.377 e. The number of aryl methyl sites for hydroxylation is 1. The lowest BCUT2D eigenvalue weighted by Crippen LogP contribution is -2.40.